The van der Waals surface area contributed by atoms with Gasteiger partial charge in [-0.15, -0.1) is 0 Å². The predicted octanol–water partition coefficient (Wildman–Crippen LogP) is 2.13. The Morgan fingerprint density at radius 1 is 1.10 bits per heavy atom. The number of pyridine rings is 2. The monoisotopic (exact) mass is 436 g/mol. The van der Waals surface area contributed by atoms with Crippen LogP contribution in [0.15, 0.2) is 48.9 Å². The molecule has 2 aromatic rings. The van der Waals surface area contributed by atoms with Crippen molar-refractivity contribution in [3.8, 4) is 0 Å². The van der Waals surface area contributed by atoms with Crippen LogP contribution in [0.5, 0.6) is 0 Å². The Bertz CT molecular complexity index is 940. The molecule has 0 aromatic carbocycles. The molecular weight excluding hydrogens is 417 g/mol. The summed E-state index contributed by atoms with van der Waals surface area (Å²) in [5.74, 6) is -2.73. The van der Waals surface area contributed by atoms with Crippen LogP contribution in [-0.2, 0) is 16.1 Å². The van der Waals surface area contributed by atoms with Gasteiger partial charge in [-0.05, 0) is 36.2 Å². The maximum Gasteiger partial charge on any atom is 0.490 e. The first kappa shape index (κ1) is 22.2. The number of amides is 2. The lowest BCUT2D eigenvalue weighted by atomic mass is 10.1. The molecule has 2 saturated heterocycles. The topological polar surface area (TPSA) is 104 Å². The minimum absolute atomic E-state index is 0.0474. The van der Waals surface area contributed by atoms with Gasteiger partial charge >= 0.3 is 12.1 Å². The van der Waals surface area contributed by atoms with Crippen molar-refractivity contribution >= 4 is 17.8 Å². The molecule has 2 fully saturated rings. The Balaban J connectivity index is 0.000000339. The molecule has 4 heterocycles. The lowest BCUT2D eigenvalue weighted by Crippen LogP contribution is -2.40. The summed E-state index contributed by atoms with van der Waals surface area (Å²) in [6, 6.07) is 9.22. The quantitative estimate of drug-likeness (QED) is 0.791. The van der Waals surface area contributed by atoms with Gasteiger partial charge in [0.15, 0.2) is 0 Å². The van der Waals surface area contributed by atoms with E-state index in [2.05, 4.69) is 9.97 Å². The number of aliphatic carboxylic acids is 1. The molecule has 2 aromatic heterocycles. The SMILES string of the molecule is O=C(O)C(F)(F)F.O=C(c1ccccn1)N1CC[C@H]2[C@H]1CC(=O)N2Cc1ccncc1. The van der Waals surface area contributed by atoms with Crippen molar-refractivity contribution in [2.45, 2.75) is 37.6 Å². The number of carboxylic acid groups (broad SMARTS) is 1. The van der Waals surface area contributed by atoms with E-state index in [1.807, 2.05) is 28.0 Å². The van der Waals surface area contributed by atoms with Crippen molar-refractivity contribution in [2.24, 2.45) is 0 Å². The van der Waals surface area contributed by atoms with Gasteiger partial charge in [0.1, 0.15) is 5.69 Å². The molecule has 164 valence electrons. The van der Waals surface area contributed by atoms with Crippen LogP contribution in [0.3, 0.4) is 0 Å². The number of alkyl halides is 3. The zero-order chi connectivity index (χ0) is 22.6. The van der Waals surface area contributed by atoms with E-state index in [9.17, 15) is 22.8 Å². The van der Waals surface area contributed by atoms with Crippen LogP contribution in [-0.4, -0.2) is 67.5 Å². The van der Waals surface area contributed by atoms with E-state index in [1.165, 1.54) is 0 Å². The first-order valence-electron chi connectivity index (χ1n) is 9.39. The third-order valence-electron chi connectivity index (χ3n) is 5.10. The average Bonchev–Trinajstić information content (AvgIpc) is 3.28. The Morgan fingerprint density at radius 3 is 2.35 bits per heavy atom. The molecule has 1 N–H and O–H groups in total. The van der Waals surface area contributed by atoms with Gasteiger partial charge in [0, 0.05) is 38.1 Å². The number of rotatable bonds is 3. The predicted molar refractivity (Wildman–Crippen MR) is 101 cm³/mol. The van der Waals surface area contributed by atoms with Gasteiger partial charge in [-0.25, -0.2) is 4.79 Å². The highest BCUT2D eigenvalue weighted by Crippen LogP contribution is 2.34. The van der Waals surface area contributed by atoms with E-state index in [4.69, 9.17) is 9.90 Å². The number of fused-ring (bicyclic) bond motifs is 1. The third-order valence-corrected chi connectivity index (χ3v) is 5.10. The number of carbonyl (C=O) groups excluding carboxylic acids is 2. The molecule has 4 rings (SSSR count). The van der Waals surface area contributed by atoms with Crippen molar-refractivity contribution < 1.29 is 32.7 Å². The Hall–Kier alpha value is -3.50. The second-order valence-corrected chi connectivity index (χ2v) is 7.02. The highest BCUT2D eigenvalue weighted by molar-refractivity contribution is 5.93. The lowest BCUT2D eigenvalue weighted by molar-refractivity contribution is -0.192. The summed E-state index contributed by atoms with van der Waals surface area (Å²) in [6.45, 7) is 1.25. The summed E-state index contributed by atoms with van der Waals surface area (Å²) in [4.78, 5) is 45.9. The molecule has 2 aliphatic rings. The number of hydrogen-bond donors (Lipinski definition) is 1. The second-order valence-electron chi connectivity index (χ2n) is 7.02. The number of carbonyl (C=O) groups is 3. The fourth-order valence-electron chi connectivity index (χ4n) is 3.71. The van der Waals surface area contributed by atoms with Gasteiger partial charge in [0.25, 0.3) is 5.91 Å². The molecule has 8 nitrogen and oxygen atoms in total. The standard InChI is InChI=1S/C18H18N4O2.C2HF3O2/c23-17-11-16-15(22(17)12-13-4-8-19-9-5-13)6-10-21(16)18(24)14-3-1-2-7-20-14;3-2(4,5)1(6)7/h1-5,7-9,15-16H,6,10-12H2;(H,6,7)/t15-,16+;/m0./s1. The lowest BCUT2D eigenvalue weighted by Gasteiger charge is -2.25. The average molecular weight is 436 g/mol. The van der Waals surface area contributed by atoms with Gasteiger partial charge in [-0.1, -0.05) is 6.07 Å². The minimum atomic E-state index is -5.08. The van der Waals surface area contributed by atoms with E-state index < -0.39 is 12.1 Å². The number of aromatic nitrogens is 2. The van der Waals surface area contributed by atoms with Crippen molar-refractivity contribution in [3.05, 3.63) is 60.2 Å². The van der Waals surface area contributed by atoms with Gasteiger partial charge in [0.2, 0.25) is 5.91 Å². The molecule has 31 heavy (non-hydrogen) atoms. The summed E-state index contributed by atoms with van der Waals surface area (Å²) in [6.07, 6.45) is 1.22. The number of nitrogens with zero attached hydrogens (tertiary/aromatic N) is 4. The van der Waals surface area contributed by atoms with Crippen LogP contribution in [0.1, 0.15) is 28.9 Å². The third kappa shape index (κ3) is 5.16. The molecule has 0 radical (unpaired) electrons. The zero-order valence-electron chi connectivity index (χ0n) is 16.2. The molecule has 2 aliphatic heterocycles. The Kier molecular flexibility index (Phi) is 6.52. The van der Waals surface area contributed by atoms with Crippen molar-refractivity contribution in [1.29, 1.82) is 0 Å². The van der Waals surface area contributed by atoms with E-state index >= 15 is 0 Å². The second kappa shape index (κ2) is 9.11. The van der Waals surface area contributed by atoms with Crippen molar-refractivity contribution in [3.63, 3.8) is 0 Å². The number of carboxylic acids is 1. The summed E-state index contributed by atoms with van der Waals surface area (Å²) >= 11 is 0. The normalized spacial score (nSPS) is 20.2. The highest BCUT2D eigenvalue weighted by Gasteiger charge is 2.48. The van der Waals surface area contributed by atoms with Crippen LogP contribution in [0.4, 0.5) is 13.2 Å². The van der Waals surface area contributed by atoms with Gasteiger partial charge in [-0.2, -0.15) is 13.2 Å². The molecule has 0 unspecified atom stereocenters. The molecule has 2 amide bonds. The van der Waals surface area contributed by atoms with E-state index in [0.29, 0.717) is 25.2 Å². The van der Waals surface area contributed by atoms with Gasteiger partial charge < -0.3 is 14.9 Å². The first-order chi connectivity index (χ1) is 14.7. The van der Waals surface area contributed by atoms with Gasteiger partial charge in [0.05, 0.1) is 12.1 Å². The fourth-order valence-corrected chi connectivity index (χ4v) is 3.71. The van der Waals surface area contributed by atoms with Crippen molar-refractivity contribution in [1.82, 2.24) is 19.8 Å². The molecule has 2 atom stereocenters. The van der Waals surface area contributed by atoms with Crippen LogP contribution in [0.2, 0.25) is 0 Å². The largest absolute Gasteiger partial charge is 0.490 e. The Labute approximate surface area is 175 Å². The van der Waals surface area contributed by atoms with Crippen LogP contribution in [0.25, 0.3) is 0 Å². The van der Waals surface area contributed by atoms with E-state index in [1.54, 1.807) is 30.7 Å². The maximum atomic E-state index is 12.7. The zero-order valence-corrected chi connectivity index (χ0v) is 16.2. The molecule has 0 spiro atoms. The Morgan fingerprint density at radius 2 is 1.77 bits per heavy atom. The number of hydrogen-bond acceptors (Lipinski definition) is 5. The molecule has 0 aliphatic carbocycles. The highest BCUT2D eigenvalue weighted by atomic mass is 19.4. The molecule has 0 saturated carbocycles. The molecular formula is C20H19F3N4O4. The summed E-state index contributed by atoms with van der Waals surface area (Å²) in [5.41, 5.74) is 1.51. The van der Waals surface area contributed by atoms with Gasteiger partial charge in [-0.3, -0.25) is 19.6 Å². The van der Waals surface area contributed by atoms with E-state index in [-0.39, 0.29) is 23.9 Å². The molecule has 11 heteroatoms. The maximum absolute atomic E-state index is 12.7. The smallest absolute Gasteiger partial charge is 0.475 e. The summed E-state index contributed by atoms with van der Waals surface area (Å²) in [5, 5.41) is 7.12. The molecule has 0 bridgehead atoms. The minimum Gasteiger partial charge on any atom is -0.475 e. The van der Waals surface area contributed by atoms with Crippen LogP contribution >= 0.6 is 0 Å². The number of likely N-dealkylation sites (tertiary alicyclic amines) is 2. The van der Waals surface area contributed by atoms with Crippen LogP contribution < -0.4 is 0 Å². The number of halogens is 3. The fraction of sp³-hybridized carbons (Fsp3) is 0.350. The van der Waals surface area contributed by atoms with Crippen LogP contribution in [0, 0.1) is 0 Å². The van der Waals surface area contributed by atoms with E-state index in [0.717, 1.165) is 12.0 Å². The summed E-state index contributed by atoms with van der Waals surface area (Å²) < 4.78 is 31.7. The van der Waals surface area contributed by atoms with Crippen molar-refractivity contribution in [2.75, 3.05) is 6.54 Å². The summed E-state index contributed by atoms with van der Waals surface area (Å²) in [7, 11) is 0. The first-order valence-corrected chi connectivity index (χ1v) is 9.39.